The molecule has 0 aliphatic carbocycles. The van der Waals surface area contributed by atoms with Gasteiger partial charge in [-0.2, -0.15) is 0 Å². The van der Waals surface area contributed by atoms with Gasteiger partial charge in [0.1, 0.15) is 5.75 Å². The van der Waals surface area contributed by atoms with E-state index in [1.54, 1.807) is 0 Å². The third-order valence-corrected chi connectivity index (χ3v) is 5.86. The van der Waals surface area contributed by atoms with Crippen molar-refractivity contribution in [2.75, 3.05) is 6.61 Å². The molecule has 0 bridgehead atoms. The maximum absolute atomic E-state index is 6.36. The molecule has 0 fully saturated rings. The third-order valence-electron chi connectivity index (χ3n) is 4.09. The Bertz CT molecular complexity index is 790. The summed E-state index contributed by atoms with van der Waals surface area (Å²) in [6.07, 6.45) is 7.78. The highest BCUT2D eigenvalue weighted by Gasteiger charge is 2.14. The van der Waals surface area contributed by atoms with Crippen molar-refractivity contribution in [1.29, 1.82) is 0 Å². The van der Waals surface area contributed by atoms with Gasteiger partial charge in [0.15, 0.2) is 0 Å². The Morgan fingerprint density at radius 1 is 1.15 bits per heavy atom. The van der Waals surface area contributed by atoms with Crippen molar-refractivity contribution < 1.29 is 4.74 Å². The molecule has 0 amide bonds. The number of rotatable bonds is 9. The second kappa shape index (κ2) is 9.70. The quantitative estimate of drug-likeness (QED) is 0.439. The zero-order valence-electron chi connectivity index (χ0n) is 14.8. The molecular weight excluding hydrogens is 364 g/mol. The van der Waals surface area contributed by atoms with Crippen LogP contribution in [0.1, 0.15) is 18.9 Å². The van der Waals surface area contributed by atoms with E-state index in [4.69, 9.17) is 16.3 Å². The predicted octanol–water partition coefficient (Wildman–Crippen LogP) is 5.73. The van der Waals surface area contributed by atoms with Gasteiger partial charge in [-0.05, 0) is 49.6 Å². The van der Waals surface area contributed by atoms with Crippen molar-refractivity contribution >= 4 is 23.4 Å². The van der Waals surface area contributed by atoms with E-state index in [2.05, 4.69) is 27.8 Å². The van der Waals surface area contributed by atoms with Crippen molar-refractivity contribution in [3.8, 4) is 5.75 Å². The van der Waals surface area contributed by atoms with Crippen LogP contribution < -0.4 is 4.74 Å². The summed E-state index contributed by atoms with van der Waals surface area (Å²) in [4.78, 5) is 5.29. The first-order valence-corrected chi connectivity index (χ1v) is 10.1. The van der Waals surface area contributed by atoms with Gasteiger partial charge in [-0.3, -0.25) is 0 Å². The number of hydrogen-bond donors (Lipinski definition) is 0. The Morgan fingerprint density at radius 3 is 2.65 bits per heavy atom. The number of hydrogen-bond acceptors (Lipinski definition) is 3. The summed E-state index contributed by atoms with van der Waals surface area (Å²) in [6, 6.07) is 16.4. The average Bonchev–Trinajstić information content (AvgIpc) is 3.16. The Balaban J connectivity index is 1.65. The average molecular weight is 387 g/mol. The summed E-state index contributed by atoms with van der Waals surface area (Å²) < 4.78 is 7.65. The fourth-order valence-electron chi connectivity index (χ4n) is 2.78. The number of ether oxygens (including phenoxy) is 1. The fraction of sp³-hybridized carbons (Fsp3) is 0.286. The van der Waals surface area contributed by atoms with Crippen LogP contribution >= 0.6 is 23.4 Å². The maximum atomic E-state index is 6.36. The molecule has 0 aliphatic rings. The SMILES string of the molecule is CCOc1ccc(CCC(Cn2ccnc2)Sc2ccccc2Cl)cc1. The summed E-state index contributed by atoms with van der Waals surface area (Å²) in [5.41, 5.74) is 1.32. The number of aryl methyl sites for hydroxylation is 1. The molecule has 0 saturated heterocycles. The molecular formula is C21H23ClN2OS. The lowest BCUT2D eigenvalue weighted by molar-refractivity contribution is 0.340. The molecule has 3 rings (SSSR count). The van der Waals surface area contributed by atoms with Gasteiger partial charge in [0.25, 0.3) is 0 Å². The predicted molar refractivity (Wildman–Crippen MR) is 109 cm³/mol. The zero-order valence-corrected chi connectivity index (χ0v) is 16.4. The molecule has 5 heteroatoms. The Morgan fingerprint density at radius 2 is 1.96 bits per heavy atom. The molecule has 1 atom stereocenters. The highest BCUT2D eigenvalue weighted by Crippen LogP contribution is 2.33. The summed E-state index contributed by atoms with van der Waals surface area (Å²) in [5.74, 6) is 0.927. The zero-order chi connectivity index (χ0) is 18.2. The summed E-state index contributed by atoms with van der Waals surface area (Å²) in [7, 11) is 0. The molecule has 1 heterocycles. The first kappa shape index (κ1) is 18.9. The maximum Gasteiger partial charge on any atom is 0.119 e. The number of nitrogens with zero attached hydrogens (tertiary/aromatic N) is 2. The first-order chi connectivity index (χ1) is 12.7. The Kier molecular flexibility index (Phi) is 7.04. The number of thioether (sulfide) groups is 1. The monoisotopic (exact) mass is 386 g/mol. The van der Waals surface area contributed by atoms with Crippen LogP contribution in [0, 0.1) is 0 Å². The van der Waals surface area contributed by atoms with Crippen molar-refractivity contribution in [3.63, 3.8) is 0 Å². The normalized spacial score (nSPS) is 12.1. The van der Waals surface area contributed by atoms with E-state index in [0.717, 1.165) is 35.1 Å². The molecule has 0 spiro atoms. The van der Waals surface area contributed by atoms with Gasteiger partial charge in [-0.15, -0.1) is 11.8 Å². The van der Waals surface area contributed by atoms with Crippen LogP contribution in [0.4, 0.5) is 0 Å². The largest absolute Gasteiger partial charge is 0.494 e. The van der Waals surface area contributed by atoms with Gasteiger partial charge in [-0.25, -0.2) is 4.98 Å². The lowest BCUT2D eigenvalue weighted by atomic mass is 10.1. The molecule has 0 N–H and O–H groups in total. The van der Waals surface area contributed by atoms with E-state index in [1.165, 1.54) is 5.56 Å². The molecule has 3 nitrogen and oxygen atoms in total. The van der Waals surface area contributed by atoms with Crippen LogP contribution in [0.5, 0.6) is 5.75 Å². The van der Waals surface area contributed by atoms with E-state index in [9.17, 15) is 0 Å². The van der Waals surface area contributed by atoms with Gasteiger partial charge < -0.3 is 9.30 Å². The van der Waals surface area contributed by atoms with E-state index in [-0.39, 0.29) is 0 Å². The molecule has 3 aromatic rings. The van der Waals surface area contributed by atoms with E-state index in [1.807, 2.05) is 67.7 Å². The van der Waals surface area contributed by atoms with Gasteiger partial charge in [0.05, 0.1) is 18.0 Å². The Labute approximate surface area is 164 Å². The van der Waals surface area contributed by atoms with E-state index < -0.39 is 0 Å². The molecule has 0 aliphatic heterocycles. The highest BCUT2D eigenvalue weighted by atomic mass is 35.5. The minimum atomic E-state index is 0.413. The molecule has 1 unspecified atom stereocenters. The standard InChI is InChI=1S/C21H23ClN2OS/c1-2-25-18-10-7-17(8-11-18)9-12-19(15-24-14-13-23-16-24)26-21-6-4-3-5-20(21)22/h3-8,10-11,13-14,16,19H,2,9,12,15H2,1H3. The second-order valence-corrected chi connectivity index (χ2v) is 7.79. The van der Waals surface area contributed by atoms with Crippen molar-refractivity contribution in [2.24, 2.45) is 0 Å². The van der Waals surface area contributed by atoms with Crippen molar-refractivity contribution in [3.05, 3.63) is 77.8 Å². The van der Waals surface area contributed by atoms with Crippen molar-refractivity contribution in [1.82, 2.24) is 9.55 Å². The van der Waals surface area contributed by atoms with Crippen LogP contribution in [0.2, 0.25) is 5.02 Å². The lowest BCUT2D eigenvalue weighted by Gasteiger charge is -2.18. The topological polar surface area (TPSA) is 27.1 Å². The van der Waals surface area contributed by atoms with Crippen LogP contribution in [0.15, 0.2) is 72.1 Å². The Hall–Kier alpha value is -1.91. The fourth-order valence-corrected chi connectivity index (χ4v) is 4.23. The molecule has 0 radical (unpaired) electrons. The molecule has 136 valence electrons. The number of aromatic nitrogens is 2. The minimum Gasteiger partial charge on any atom is -0.494 e. The van der Waals surface area contributed by atoms with Crippen LogP contribution in [0.3, 0.4) is 0 Å². The van der Waals surface area contributed by atoms with E-state index >= 15 is 0 Å². The van der Waals surface area contributed by atoms with Crippen LogP contribution in [-0.2, 0) is 13.0 Å². The van der Waals surface area contributed by atoms with Crippen LogP contribution in [-0.4, -0.2) is 21.4 Å². The number of imidazole rings is 1. The third kappa shape index (κ3) is 5.55. The second-order valence-electron chi connectivity index (χ2n) is 6.05. The van der Waals surface area contributed by atoms with E-state index in [0.29, 0.717) is 11.9 Å². The molecule has 26 heavy (non-hydrogen) atoms. The number of halogens is 1. The van der Waals surface area contributed by atoms with Crippen LogP contribution in [0.25, 0.3) is 0 Å². The van der Waals surface area contributed by atoms with Gasteiger partial charge >= 0.3 is 0 Å². The minimum absolute atomic E-state index is 0.413. The van der Waals surface area contributed by atoms with Gasteiger partial charge in [0, 0.05) is 29.1 Å². The molecule has 2 aromatic carbocycles. The first-order valence-electron chi connectivity index (χ1n) is 8.83. The smallest absolute Gasteiger partial charge is 0.119 e. The highest BCUT2D eigenvalue weighted by molar-refractivity contribution is 8.00. The van der Waals surface area contributed by atoms with Crippen molar-refractivity contribution in [2.45, 2.75) is 36.5 Å². The summed E-state index contributed by atoms with van der Waals surface area (Å²) in [5, 5.41) is 1.23. The molecule has 0 saturated carbocycles. The summed E-state index contributed by atoms with van der Waals surface area (Å²) in [6.45, 7) is 3.61. The molecule has 1 aromatic heterocycles. The summed E-state index contributed by atoms with van der Waals surface area (Å²) >= 11 is 8.20. The van der Waals surface area contributed by atoms with Gasteiger partial charge in [-0.1, -0.05) is 35.9 Å². The lowest BCUT2D eigenvalue weighted by Crippen LogP contribution is -2.13. The number of benzene rings is 2. The van der Waals surface area contributed by atoms with Gasteiger partial charge in [0.2, 0.25) is 0 Å².